The Morgan fingerprint density at radius 3 is 0.880 bits per heavy atom. The van der Waals surface area contributed by atoms with Crippen molar-refractivity contribution in [3.63, 3.8) is 0 Å². The van der Waals surface area contributed by atoms with E-state index in [9.17, 15) is 19.2 Å². The maximum absolute atomic E-state index is 10.6. The van der Waals surface area contributed by atoms with Crippen molar-refractivity contribution in [3.8, 4) is 0 Å². The lowest BCUT2D eigenvalue weighted by Crippen LogP contribution is -2.18. The number of aliphatic carboxylic acids is 4. The highest BCUT2D eigenvalue weighted by molar-refractivity contribution is 5.80. The lowest BCUT2D eigenvalue weighted by Gasteiger charge is -2.30. The quantitative estimate of drug-likeness (QED) is 0.390. The standard InChI is InChI=1S/C17H20O8/c18-13(19)5-1-9-17(10-2-6-14(20)21,11-3-7-15(22)23)12-4-8-16(24)25/h1-8H,9-12H2,(H,18,19)(H,20,21)(H,22,23)(H,24,25). The van der Waals surface area contributed by atoms with Crippen LogP contribution >= 0.6 is 0 Å². The van der Waals surface area contributed by atoms with Gasteiger partial charge in [-0.1, -0.05) is 24.3 Å². The number of allylic oxidation sites excluding steroid dienone is 4. The molecule has 25 heavy (non-hydrogen) atoms. The summed E-state index contributed by atoms with van der Waals surface area (Å²) in [5.41, 5.74) is -0.754. The van der Waals surface area contributed by atoms with Crippen molar-refractivity contribution in [1.29, 1.82) is 0 Å². The first-order valence-corrected chi connectivity index (χ1v) is 7.25. The Morgan fingerprint density at radius 1 is 0.520 bits per heavy atom. The van der Waals surface area contributed by atoms with E-state index in [1.807, 2.05) is 0 Å². The van der Waals surface area contributed by atoms with Gasteiger partial charge in [0.2, 0.25) is 0 Å². The van der Waals surface area contributed by atoms with Gasteiger partial charge in [-0.05, 0) is 31.1 Å². The van der Waals surface area contributed by atoms with E-state index in [2.05, 4.69) is 0 Å². The van der Waals surface area contributed by atoms with Crippen molar-refractivity contribution in [2.75, 3.05) is 0 Å². The van der Waals surface area contributed by atoms with Gasteiger partial charge >= 0.3 is 23.9 Å². The number of carboxylic acid groups (broad SMARTS) is 4. The second kappa shape index (κ2) is 11.4. The fourth-order valence-corrected chi connectivity index (χ4v) is 2.14. The molecule has 8 nitrogen and oxygen atoms in total. The zero-order valence-electron chi connectivity index (χ0n) is 13.4. The molecule has 0 amide bonds. The molecular formula is C17H20O8. The first-order chi connectivity index (χ1) is 11.7. The molecule has 0 atom stereocenters. The molecule has 0 bridgehead atoms. The van der Waals surface area contributed by atoms with E-state index in [-0.39, 0.29) is 25.7 Å². The minimum absolute atomic E-state index is 0.192. The monoisotopic (exact) mass is 352 g/mol. The van der Waals surface area contributed by atoms with E-state index in [4.69, 9.17) is 20.4 Å². The number of carbonyl (C=O) groups is 4. The molecule has 0 spiro atoms. The Balaban J connectivity index is 5.53. The molecule has 4 N–H and O–H groups in total. The Morgan fingerprint density at radius 2 is 0.720 bits per heavy atom. The number of rotatable bonds is 12. The topological polar surface area (TPSA) is 149 Å². The van der Waals surface area contributed by atoms with Crippen LogP contribution in [0.3, 0.4) is 0 Å². The molecule has 8 heteroatoms. The molecule has 0 unspecified atom stereocenters. The minimum Gasteiger partial charge on any atom is -0.478 e. The van der Waals surface area contributed by atoms with E-state index in [0.29, 0.717) is 0 Å². The maximum Gasteiger partial charge on any atom is 0.327 e. The molecule has 0 aliphatic carbocycles. The van der Waals surface area contributed by atoms with Crippen molar-refractivity contribution in [3.05, 3.63) is 48.6 Å². The van der Waals surface area contributed by atoms with Gasteiger partial charge in [0.05, 0.1) is 0 Å². The Kier molecular flexibility index (Phi) is 9.95. The summed E-state index contributed by atoms with van der Waals surface area (Å²) in [5.74, 6) is -4.62. The van der Waals surface area contributed by atoms with Crippen molar-refractivity contribution in [2.24, 2.45) is 5.41 Å². The van der Waals surface area contributed by atoms with E-state index in [0.717, 1.165) is 24.3 Å². The SMILES string of the molecule is O=C(O)C=CCC(CC=CC(=O)O)(CC=CC(=O)O)CC=CC(=O)O. The largest absolute Gasteiger partial charge is 0.478 e. The summed E-state index contributed by atoms with van der Waals surface area (Å²) in [5, 5.41) is 34.8. The maximum atomic E-state index is 10.6. The van der Waals surface area contributed by atoms with E-state index in [1.54, 1.807) is 0 Å². The molecule has 0 aliphatic rings. The molecule has 136 valence electrons. The molecule has 0 heterocycles. The summed E-state index contributed by atoms with van der Waals surface area (Å²) in [4.78, 5) is 42.5. The van der Waals surface area contributed by atoms with Crippen LogP contribution in [0.5, 0.6) is 0 Å². The average molecular weight is 352 g/mol. The third-order valence-electron chi connectivity index (χ3n) is 3.25. The molecule has 0 fully saturated rings. The fourth-order valence-electron chi connectivity index (χ4n) is 2.14. The van der Waals surface area contributed by atoms with Crippen LogP contribution in [-0.4, -0.2) is 44.3 Å². The van der Waals surface area contributed by atoms with Crippen LogP contribution in [0.25, 0.3) is 0 Å². The molecule has 0 aliphatic heterocycles. The van der Waals surface area contributed by atoms with E-state index < -0.39 is 29.3 Å². The van der Waals surface area contributed by atoms with Crippen LogP contribution in [0.15, 0.2) is 48.6 Å². The smallest absolute Gasteiger partial charge is 0.327 e. The van der Waals surface area contributed by atoms with Gasteiger partial charge in [0.15, 0.2) is 0 Å². The van der Waals surface area contributed by atoms with Gasteiger partial charge in [-0.3, -0.25) is 0 Å². The van der Waals surface area contributed by atoms with Crippen LogP contribution in [-0.2, 0) is 19.2 Å². The molecule has 0 rings (SSSR count). The van der Waals surface area contributed by atoms with Crippen molar-refractivity contribution >= 4 is 23.9 Å². The third-order valence-corrected chi connectivity index (χ3v) is 3.25. The number of carboxylic acids is 4. The zero-order valence-corrected chi connectivity index (χ0v) is 13.4. The molecule has 0 aromatic carbocycles. The minimum atomic E-state index is -1.16. The Bertz CT molecular complexity index is 501. The van der Waals surface area contributed by atoms with Gasteiger partial charge < -0.3 is 20.4 Å². The van der Waals surface area contributed by atoms with Crippen molar-refractivity contribution in [2.45, 2.75) is 25.7 Å². The number of hydrogen-bond acceptors (Lipinski definition) is 4. The van der Waals surface area contributed by atoms with Crippen molar-refractivity contribution in [1.82, 2.24) is 0 Å². The fraction of sp³-hybridized carbons (Fsp3) is 0.294. The van der Waals surface area contributed by atoms with Gasteiger partial charge in [0.1, 0.15) is 0 Å². The predicted molar refractivity (Wildman–Crippen MR) is 88.0 cm³/mol. The second-order valence-electron chi connectivity index (χ2n) is 5.28. The van der Waals surface area contributed by atoms with Crippen LogP contribution in [0.1, 0.15) is 25.7 Å². The van der Waals surface area contributed by atoms with Gasteiger partial charge in [-0.2, -0.15) is 0 Å². The van der Waals surface area contributed by atoms with Crippen LogP contribution < -0.4 is 0 Å². The zero-order chi connectivity index (χ0) is 19.3. The van der Waals surface area contributed by atoms with Gasteiger partial charge in [0.25, 0.3) is 0 Å². The van der Waals surface area contributed by atoms with Gasteiger partial charge in [-0.25, -0.2) is 19.2 Å². The van der Waals surface area contributed by atoms with E-state index >= 15 is 0 Å². The summed E-state index contributed by atoms with van der Waals surface area (Å²) >= 11 is 0. The first-order valence-electron chi connectivity index (χ1n) is 7.25. The third kappa shape index (κ3) is 12.0. The summed E-state index contributed by atoms with van der Waals surface area (Å²) in [6, 6.07) is 0. The molecule has 0 aromatic rings. The molecule has 0 radical (unpaired) electrons. The average Bonchev–Trinajstić information content (AvgIpc) is 2.45. The van der Waals surface area contributed by atoms with E-state index in [1.165, 1.54) is 24.3 Å². The van der Waals surface area contributed by atoms with Crippen LogP contribution in [0.2, 0.25) is 0 Å². The number of hydrogen-bond donors (Lipinski definition) is 4. The van der Waals surface area contributed by atoms with Crippen LogP contribution in [0, 0.1) is 5.41 Å². The summed E-state index contributed by atoms with van der Waals surface area (Å²) in [7, 11) is 0. The highest BCUT2D eigenvalue weighted by atomic mass is 16.4. The summed E-state index contributed by atoms with van der Waals surface area (Å²) < 4.78 is 0. The molecule has 0 saturated heterocycles. The molecule has 0 saturated carbocycles. The first kappa shape index (κ1) is 21.8. The highest BCUT2D eigenvalue weighted by Crippen LogP contribution is 2.37. The predicted octanol–water partition coefficient (Wildman–Crippen LogP) is 2.10. The van der Waals surface area contributed by atoms with Gasteiger partial charge in [-0.15, -0.1) is 0 Å². The van der Waals surface area contributed by atoms with Crippen molar-refractivity contribution < 1.29 is 39.6 Å². The Labute approximate surface area is 144 Å². The molecular weight excluding hydrogens is 332 g/mol. The normalized spacial score (nSPS) is 14.4. The summed E-state index contributed by atoms with van der Waals surface area (Å²) in [6.07, 6.45) is 9.98. The van der Waals surface area contributed by atoms with Crippen LogP contribution in [0.4, 0.5) is 0 Å². The van der Waals surface area contributed by atoms with Gasteiger partial charge in [0, 0.05) is 24.3 Å². The Hall–Kier alpha value is -3.16. The lowest BCUT2D eigenvalue weighted by molar-refractivity contribution is -0.132. The summed E-state index contributed by atoms with van der Waals surface area (Å²) in [6.45, 7) is 0. The second-order valence-corrected chi connectivity index (χ2v) is 5.28. The molecule has 0 aromatic heterocycles. The lowest BCUT2D eigenvalue weighted by atomic mass is 9.74. The highest BCUT2D eigenvalue weighted by Gasteiger charge is 2.25.